The van der Waals surface area contributed by atoms with Crippen LogP contribution in [0.2, 0.25) is 0 Å². The van der Waals surface area contributed by atoms with Crippen molar-refractivity contribution in [2.24, 2.45) is 29.6 Å². The average molecular weight is 440 g/mol. The van der Waals surface area contributed by atoms with Crippen LogP contribution in [0.15, 0.2) is 0 Å². The second-order valence-corrected chi connectivity index (χ2v) is 10.5. The lowest BCUT2D eigenvalue weighted by molar-refractivity contribution is -0.576. The lowest BCUT2D eigenvalue weighted by Crippen LogP contribution is -2.70. The Morgan fingerprint density at radius 2 is 1.87 bits per heavy atom. The monoisotopic (exact) mass is 439 g/mol. The van der Waals surface area contributed by atoms with Crippen LogP contribution in [-0.4, -0.2) is 42.4 Å². The van der Waals surface area contributed by atoms with E-state index >= 15 is 0 Å². The van der Waals surface area contributed by atoms with E-state index in [0.717, 1.165) is 25.7 Å². The molecule has 0 aromatic rings. The summed E-state index contributed by atoms with van der Waals surface area (Å²) in [6.45, 7) is 10.8. The van der Waals surface area contributed by atoms with E-state index in [0.29, 0.717) is 18.4 Å². The molecule has 1 aliphatic carbocycles. The van der Waals surface area contributed by atoms with Gasteiger partial charge in [0.15, 0.2) is 11.9 Å². The Morgan fingerprint density at radius 1 is 1.10 bits per heavy atom. The molecule has 5 fully saturated rings. The summed E-state index contributed by atoms with van der Waals surface area (Å²) < 4.78 is 18.2. The van der Waals surface area contributed by atoms with Gasteiger partial charge in [0.2, 0.25) is 18.0 Å². The zero-order valence-corrected chi connectivity index (χ0v) is 19.3. The Bertz CT molecular complexity index is 699. The molecule has 0 aromatic carbocycles. The van der Waals surface area contributed by atoms with Crippen LogP contribution in [0.3, 0.4) is 0 Å². The predicted molar refractivity (Wildman–Crippen MR) is 110 cm³/mol. The van der Waals surface area contributed by atoms with Gasteiger partial charge in [-0.3, -0.25) is 9.59 Å². The number of carbonyl (C=O) groups excluding carboxylic acids is 2. The molecular formula is C23H37NO7. The van der Waals surface area contributed by atoms with Gasteiger partial charge in [0, 0.05) is 31.2 Å². The molecule has 0 radical (unpaired) electrons. The quantitative estimate of drug-likeness (QED) is 0.501. The average Bonchev–Trinajstić information content (AvgIpc) is 2.94. The van der Waals surface area contributed by atoms with Crippen molar-refractivity contribution in [2.45, 2.75) is 97.1 Å². The fourth-order valence-corrected chi connectivity index (χ4v) is 5.82. The molecule has 0 aromatic heterocycles. The predicted octanol–water partition coefficient (Wildman–Crippen LogP) is 3.29. The smallest absolute Gasteiger partial charge is 0.308 e. The molecule has 8 nitrogen and oxygen atoms in total. The summed E-state index contributed by atoms with van der Waals surface area (Å²) in [4.78, 5) is 36.3. The molecule has 4 saturated heterocycles. The van der Waals surface area contributed by atoms with Crippen molar-refractivity contribution < 1.29 is 33.6 Å². The van der Waals surface area contributed by atoms with Crippen LogP contribution in [0.1, 0.15) is 73.1 Å². The Balaban J connectivity index is 1.43. The highest BCUT2D eigenvalue weighted by Gasteiger charge is 2.69. The van der Waals surface area contributed by atoms with Gasteiger partial charge in [-0.15, -0.1) is 0 Å². The molecule has 5 aliphatic rings. The number of esters is 1. The third kappa shape index (κ3) is 4.24. The Kier molecular flexibility index (Phi) is 6.38. The van der Waals surface area contributed by atoms with E-state index in [9.17, 15) is 9.59 Å². The molecule has 4 heterocycles. The summed E-state index contributed by atoms with van der Waals surface area (Å²) in [5.74, 6) is -0.299. The lowest BCUT2D eigenvalue weighted by atomic mass is 9.58. The largest absolute Gasteiger partial charge is 0.435 e. The van der Waals surface area contributed by atoms with Gasteiger partial charge in [0.1, 0.15) is 0 Å². The topological polar surface area (TPSA) is 92.3 Å². The fraction of sp³-hybridized carbons (Fsp3) is 0.913. The lowest BCUT2D eigenvalue weighted by Gasteiger charge is -2.59. The summed E-state index contributed by atoms with van der Waals surface area (Å²) in [5.41, 5.74) is -0.674. The van der Waals surface area contributed by atoms with Gasteiger partial charge in [0.05, 0.1) is 6.42 Å². The number of ether oxygens (including phenoxy) is 3. The SMILES string of the molecule is CC(C)CNC(=O)CCC(=O)O[C@@H]1O[C@@H]2O[C@@]3(C)CC[C@@H]4[C@H](C)CC[C@H]([C@H]1C)[C@@]24OO3. The molecule has 8 atom stereocenters. The van der Waals surface area contributed by atoms with Crippen LogP contribution in [0, 0.1) is 29.6 Å². The first-order valence-electron chi connectivity index (χ1n) is 11.8. The number of hydrogen-bond donors (Lipinski definition) is 1. The van der Waals surface area contributed by atoms with Gasteiger partial charge < -0.3 is 19.5 Å². The first-order valence-corrected chi connectivity index (χ1v) is 11.8. The number of rotatable bonds is 6. The normalized spacial score (nSPS) is 43.8. The zero-order valence-electron chi connectivity index (χ0n) is 19.3. The highest BCUT2D eigenvalue weighted by Crippen LogP contribution is 2.60. The Hall–Kier alpha value is -1.22. The third-order valence-electron chi connectivity index (χ3n) is 7.61. The molecule has 176 valence electrons. The van der Waals surface area contributed by atoms with Gasteiger partial charge in [-0.25, -0.2) is 9.78 Å². The number of fused-ring (bicyclic) bond motifs is 2. The summed E-state index contributed by atoms with van der Waals surface area (Å²) in [6, 6.07) is 0. The number of nitrogens with one attached hydrogen (secondary N) is 1. The van der Waals surface area contributed by atoms with Crippen molar-refractivity contribution in [3.63, 3.8) is 0 Å². The highest BCUT2D eigenvalue weighted by molar-refractivity contribution is 5.81. The zero-order chi connectivity index (χ0) is 22.4. The molecule has 1 amide bonds. The summed E-state index contributed by atoms with van der Waals surface area (Å²) >= 11 is 0. The standard InChI is InChI=1S/C23H37NO7/c1-13(2)12-24-18(25)8-9-19(26)27-20-15(4)17-7-6-14(3)16-10-11-22(5)29-21(28-20)23(16,17)31-30-22/h13-17,20-21H,6-12H2,1-5H3,(H,24,25)/t14-,15-,16-,17-,20-,21-,22-,23-/m1/s1. The molecule has 5 rings (SSSR count). The van der Waals surface area contributed by atoms with Gasteiger partial charge in [-0.2, -0.15) is 0 Å². The molecule has 1 saturated carbocycles. The highest BCUT2D eigenvalue weighted by atomic mass is 17.3. The van der Waals surface area contributed by atoms with Crippen LogP contribution in [0.25, 0.3) is 0 Å². The van der Waals surface area contributed by atoms with E-state index < -0.39 is 29.9 Å². The third-order valence-corrected chi connectivity index (χ3v) is 7.61. The van der Waals surface area contributed by atoms with Gasteiger partial charge in [0.25, 0.3) is 0 Å². The minimum Gasteiger partial charge on any atom is -0.435 e. The van der Waals surface area contributed by atoms with Crippen molar-refractivity contribution in [3.05, 3.63) is 0 Å². The van der Waals surface area contributed by atoms with Crippen molar-refractivity contribution in [3.8, 4) is 0 Å². The van der Waals surface area contributed by atoms with E-state index in [1.807, 2.05) is 27.7 Å². The number of hydrogen-bond acceptors (Lipinski definition) is 7. The Morgan fingerprint density at radius 3 is 2.61 bits per heavy atom. The maximum atomic E-state index is 12.5. The van der Waals surface area contributed by atoms with E-state index in [2.05, 4.69) is 12.2 Å². The second-order valence-electron chi connectivity index (χ2n) is 10.5. The maximum Gasteiger partial charge on any atom is 0.308 e. The molecule has 2 bridgehead atoms. The van der Waals surface area contributed by atoms with E-state index in [1.165, 1.54) is 0 Å². The molecule has 0 unspecified atom stereocenters. The van der Waals surface area contributed by atoms with Crippen LogP contribution >= 0.6 is 0 Å². The second kappa shape index (κ2) is 8.61. The molecule has 1 N–H and O–H groups in total. The molecular weight excluding hydrogens is 402 g/mol. The summed E-state index contributed by atoms with van der Waals surface area (Å²) in [6.07, 6.45) is 2.47. The van der Waals surface area contributed by atoms with E-state index in [-0.39, 0.29) is 36.5 Å². The minimum absolute atomic E-state index is 0.0226. The Labute approximate surface area is 184 Å². The fourth-order valence-electron chi connectivity index (χ4n) is 5.82. The van der Waals surface area contributed by atoms with Gasteiger partial charge in [-0.05, 0) is 43.9 Å². The molecule has 8 heteroatoms. The maximum absolute atomic E-state index is 12.5. The van der Waals surface area contributed by atoms with Crippen molar-refractivity contribution in [1.29, 1.82) is 0 Å². The molecule has 31 heavy (non-hydrogen) atoms. The molecule has 1 spiro atoms. The van der Waals surface area contributed by atoms with Crippen LogP contribution < -0.4 is 5.32 Å². The van der Waals surface area contributed by atoms with Crippen molar-refractivity contribution >= 4 is 11.9 Å². The first kappa shape index (κ1) is 23.0. The van der Waals surface area contributed by atoms with Crippen molar-refractivity contribution in [2.75, 3.05) is 6.54 Å². The van der Waals surface area contributed by atoms with E-state index in [4.69, 9.17) is 24.0 Å². The minimum atomic E-state index is -0.860. The number of amides is 1. The van der Waals surface area contributed by atoms with Gasteiger partial charge >= 0.3 is 5.97 Å². The van der Waals surface area contributed by atoms with Crippen LogP contribution in [0.4, 0.5) is 0 Å². The first-order chi connectivity index (χ1) is 14.6. The number of carbonyl (C=O) groups is 2. The van der Waals surface area contributed by atoms with E-state index in [1.54, 1.807) is 0 Å². The van der Waals surface area contributed by atoms with Gasteiger partial charge in [-0.1, -0.05) is 27.7 Å². The molecule has 4 aliphatic heterocycles. The van der Waals surface area contributed by atoms with Crippen molar-refractivity contribution in [1.82, 2.24) is 5.32 Å². The summed E-state index contributed by atoms with van der Waals surface area (Å²) in [5, 5.41) is 2.82. The van der Waals surface area contributed by atoms with Crippen LogP contribution in [0.5, 0.6) is 0 Å². The van der Waals surface area contributed by atoms with Crippen LogP contribution in [-0.2, 0) is 33.6 Å². The summed E-state index contributed by atoms with van der Waals surface area (Å²) in [7, 11) is 0.